The SMILES string of the molecule is CC1CCN(CCC(O)c2ccc3c(c2)N(C)C(=O)CO3)CC1. The first-order valence-corrected chi connectivity index (χ1v) is 8.48. The summed E-state index contributed by atoms with van der Waals surface area (Å²) in [5, 5.41) is 10.5. The summed E-state index contributed by atoms with van der Waals surface area (Å²) in [7, 11) is 1.74. The van der Waals surface area contributed by atoms with Gasteiger partial charge in [-0.05, 0) is 56.0 Å². The number of likely N-dealkylation sites (tertiary alicyclic amines) is 1. The molecule has 5 nitrogen and oxygen atoms in total. The van der Waals surface area contributed by atoms with Crippen molar-refractivity contribution in [3.8, 4) is 5.75 Å². The fraction of sp³-hybridized carbons (Fsp3) is 0.611. The number of carbonyl (C=O) groups is 1. The molecule has 1 fully saturated rings. The molecule has 23 heavy (non-hydrogen) atoms. The highest BCUT2D eigenvalue weighted by Gasteiger charge is 2.24. The van der Waals surface area contributed by atoms with Gasteiger partial charge in [0, 0.05) is 13.6 Å². The first-order chi connectivity index (χ1) is 11.0. The van der Waals surface area contributed by atoms with Crippen LogP contribution in [0.15, 0.2) is 18.2 Å². The fourth-order valence-corrected chi connectivity index (χ4v) is 3.25. The van der Waals surface area contributed by atoms with E-state index in [4.69, 9.17) is 4.74 Å². The van der Waals surface area contributed by atoms with Gasteiger partial charge in [0.05, 0.1) is 11.8 Å². The van der Waals surface area contributed by atoms with Crippen molar-refractivity contribution in [3.05, 3.63) is 23.8 Å². The van der Waals surface area contributed by atoms with Crippen molar-refractivity contribution < 1.29 is 14.6 Å². The molecule has 1 saturated heterocycles. The van der Waals surface area contributed by atoms with Crippen LogP contribution in [0.4, 0.5) is 5.69 Å². The molecule has 3 rings (SSSR count). The van der Waals surface area contributed by atoms with E-state index >= 15 is 0 Å². The number of aliphatic hydroxyl groups excluding tert-OH is 1. The number of fused-ring (bicyclic) bond motifs is 1. The summed E-state index contributed by atoms with van der Waals surface area (Å²) >= 11 is 0. The normalized spacial score (nSPS) is 21.0. The van der Waals surface area contributed by atoms with Gasteiger partial charge in [0.2, 0.25) is 0 Å². The number of aliphatic hydroxyl groups is 1. The molecule has 1 N–H and O–H groups in total. The summed E-state index contributed by atoms with van der Waals surface area (Å²) in [6.45, 7) is 5.56. The highest BCUT2D eigenvalue weighted by Crippen LogP contribution is 2.34. The number of hydrogen-bond donors (Lipinski definition) is 1. The van der Waals surface area contributed by atoms with E-state index < -0.39 is 6.10 Å². The summed E-state index contributed by atoms with van der Waals surface area (Å²) < 4.78 is 5.42. The first kappa shape index (κ1) is 16.3. The second-order valence-corrected chi connectivity index (χ2v) is 6.80. The predicted octanol–water partition coefficient (Wildman–Crippen LogP) is 2.20. The highest BCUT2D eigenvalue weighted by atomic mass is 16.5. The lowest BCUT2D eigenvalue weighted by Crippen LogP contribution is -2.35. The molecule has 5 heteroatoms. The van der Waals surface area contributed by atoms with E-state index in [0.29, 0.717) is 12.2 Å². The van der Waals surface area contributed by atoms with Gasteiger partial charge in [0.1, 0.15) is 5.75 Å². The fourth-order valence-electron chi connectivity index (χ4n) is 3.25. The van der Waals surface area contributed by atoms with Crippen LogP contribution in [0, 0.1) is 5.92 Å². The molecule has 1 aromatic rings. The number of rotatable bonds is 4. The standard InChI is InChI=1S/C18H26N2O3/c1-13-5-8-20(9-6-13)10-7-16(21)14-3-4-17-15(11-14)19(2)18(22)12-23-17/h3-4,11,13,16,21H,5-10,12H2,1-2H3. The van der Waals surface area contributed by atoms with Crippen LogP contribution < -0.4 is 9.64 Å². The zero-order chi connectivity index (χ0) is 16.4. The first-order valence-electron chi connectivity index (χ1n) is 8.48. The van der Waals surface area contributed by atoms with Crippen molar-refractivity contribution in [2.75, 3.05) is 38.2 Å². The van der Waals surface area contributed by atoms with Gasteiger partial charge in [-0.25, -0.2) is 0 Å². The quantitative estimate of drug-likeness (QED) is 0.925. The number of hydrogen-bond acceptors (Lipinski definition) is 4. The van der Waals surface area contributed by atoms with Crippen LogP contribution in [0.2, 0.25) is 0 Å². The molecule has 2 aliphatic heterocycles. The maximum atomic E-state index is 11.7. The van der Waals surface area contributed by atoms with Gasteiger partial charge in [-0.3, -0.25) is 4.79 Å². The lowest BCUT2D eigenvalue weighted by molar-refractivity contribution is -0.120. The van der Waals surface area contributed by atoms with E-state index in [-0.39, 0.29) is 12.5 Å². The van der Waals surface area contributed by atoms with Gasteiger partial charge >= 0.3 is 0 Å². The van der Waals surface area contributed by atoms with Crippen LogP contribution in [0.1, 0.15) is 37.9 Å². The molecule has 1 aromatic carbocycles. The van der Waals surface area contributed by atoms with Crippen LogP contribution in [0.25, 0.3) is 0 Å². The largest absolute Gasteiger partial charge is 0.482 e. The number of nitrogens with zero attached hydrogens (tertiary/aromatic N) is 2. The molecule has 2 aliphatic rings. The Balaban J connectivity index is 1.61. The van der Waals surface area contributed by atoms with Crippen molar-refractivity contribution in [1.82, 2.24) is 4.90 Å². The van der Waals surface area contributed by atoms with E-state index in [1.54, 1.807) is 11.9 Å². The minimum atomic E-state index is -0.509. The smallest absolute Gasteiger partial charge is 0.264 e. The Morgan fingerprint density at radius 3 is 2.83 bits per heavy atom. The van der Waals surface area contributed by atoms with Crippen molar-refractivity contribution in [2.24, 2.45) is 5.92 Å². The van der Waals surface area contributed by atoms with Crippen LogP contribution in [-0.4, -0.2) is 49.2 Å². The third kappa shape index (κ3) is 3.67. The lowest BCUT2D eigenvalue weighted by atomic mass is 9.98. The second-order valence-electron chi connectivity index (χ2n) is 6.80. The van der Waals surface area contributed by atoms with Crippen LogP contribution in [-0.2, 0) is 4.79 Å². The van der Waals surface area contributed by atoms with E-state index in [9.17, 15) is 9.90 Å². The lowest BCUT2D eigenvalue weighted by Gasteiger charge is -2.31. The second kappa shape index (κ2) is 6.89. The summed E-state index contributed by atoms with van der Waals surface area (Å²) in [6.07, 6.45) is 2.70. The van der Waals surface area contributed by atoms with Gasteiger partial charge in [0.15, 0.2) is 6.61 Å². The Morgan fingerprint density at radius 1 is 1.35 bits per heavy atom. The van der Waals surface area contributed by atoms with E-state index in [1.165, 1.54) is 12.8 Å². The number of ether oxygens (including phenoxy) is 1. The maximum Gasteiger partial charge on any atom is 0.264 e. The molecule has 0 aromatic heterocycles. The van der Waals surface area contributed by atoms with Crippen molar-refractivity contribution in [2.45, 2.75) is 32.3 Å². The number of anilines is 1. The molecule has 0 aliphatic carbocycles. The predicted molar refractivity (Wildman–Crippen MR) is 89.8 cm³/mol. The van der Waals surface area contributed by atoms with Crippen LogP contribution in [0.3, 0.4) is 0 Å². The topological polar surface area (TPSA) is 53.0 Å². The minimum Gasteiger partial charge on any atom is -0.482 e. The highest BCUT2D eigenvalue weighted by molar-refractivity contribution is 5.97. The summed E-state index contributed by atoms with van der Waals surface area (Å²) in [5.74, 6) is 1.46. The Labute approximate surface area is 137 Å². The van der Waals surface area contributed by atoms with Gasteiger partial charge in [-0.2, -0.15) is 0 Å². The number of piperidine rings is 1. The Bertz CT molecular complexity index is 567. The number of amides is 1. The zero-order valence-corrected chi connectivity index (χ0v) is 14.0. The van der Waals surface area contributed by atoms with Gasteiger partial charge < -0.3 is 19.6 Å². The van der Waals surface area contributed by atoms with Crippen LogP contribution >= 0.6 is 0 Å². The van der Waals surface area contributed by atoms with Crippen molar-refractivity contribution >= 4 is 11.6 Å². The Hall–Kier alpha value is -1.59. The molecular weight excluding hydrogens is 292 g/mol. The number of carbonyl (C=O) groups excluding carboxylic acids is 1. The monoisotopic (exact) mass is 318 g/mol. The molecule has 126 valence electrons. The number of benzene rings is 1. The number of likely N-dealkylation sites (N-methyl/N-ethyl adjacent to an activating group) is 1. The van der Waals surface area contributed by atoms with Gasteiger partial charge in [-0.1, -0.05) is 13.0 Å². The van der Waals surface area contributed by atoms with Gasteiger partial charge in [-0.15, -0.1) is 0 Å². The average Bonchev–Trinajstić information content (AvgIpc) is 2.57. The summed E-state index contributed by atoms with van der Waals surface area (Å²) in [5.41, 5.74) is 1.59. The van der Waals surface area contributed by atoms with E-state index in [0.717, 1.165) is 36.8 Å². The van der Waals surface area contributed by atoms with E-state index in [1.807, 2.05) is 18.2 Å². The summed E-state index contributed by atoms with van der Waals surface area (Å²) in [6, 6.07) is 5.61. The molecule has 0 bridgehead atoms. The molecular formula is C18H26N2O3. The molecule has 0 radical (unpaired) electrons. The third-order valence-corrected chi connectivity index (χ3v) is 5.05. The molecule has 2 heterocycles. The third-order valence-electron chi connectivity index (χ3n) is 5.05. The molecule has 1 unspecified atom stereocenters. The molecule has 1 atom stereocenters. The van der Waals surface area contributed by atoms with E-state index in [2.05, 4.69) is 11.8 Å². The Morgan fingerprint density at radius 2 is 2.09 bits per heavy atom. The van der Waals surface area contributed by atoms with Crippen molar-refractivity contribution in [3.63, 3.8) is 0 Å². The summed E-state index contributed by atoms with van der Waals surface area (Å²) in [4.78, 5) is 15.8. The molecule has 0 saturated carbocycles. The Kier molecular flexibility index (Phi) is 4.87. The average molecular weight is 318 g/mol. The van der Waals surface area contributed by atoms with Crippen LogP contribution in [0.5, 0.6) is 5.75 Å². The molecule has 1 amide bonds. The van der Waals surface area contributed by atoms with Crippen molar-refractivity contribution in [1.29, 1.82) is 0 Å². The zero-order valence-electron chi connectivity index (χ0n) is 14.0. The molecule has 0 spiro atoms. The maximum absolute atomic E-state index is 11.7. The minimum absolute atomic E-state index is 0.0634. The van der Waals surface area contributed by atoms with Gasteiger partial charge in [0.25, 0.3) is 5.91 Å².